The predicted molar refractivity (Wildman–Crippen MR) is 110 cm³/mol. The van der Waals surface area contributed by atoms with Crippen molar-refractivity contribution in [3.8, 4) is 5.75 Å². The number of carbonyl (C=O) groups excluding carboxylic acids is 2. The van der Waals surface area contributed by atoms with E-state index in [1.807, 2.05) is 19.1 Å². The number of aliphatic hydroxyl groups is 1. The molecule has 1 atom stereocenters. The van der Waals surface area contributed by atoms with Gasteiger partial charge in [-0.05, 0) is 19.9 Å². The summed E-state index contributed by atoms with van der Waals surface area (Å²) in [6.45, 7) is 3.61. The van der Waals surface area contributed by atoms with Gasteiger partial charge in [-0.3, -0.25) is 14.5 Å². The zero-order chi connectivity index (χ0) is 21.4. The van der Waals surface area contributed by atoms with Crippen LogP contribution in [0.3, 0.4) is 0 Å². The first kappa shape index (κ1) is 19.4. The van der Waals surface area contributed by atoms with Crippen LogP contribution < -0.4 is 9.64 Å². The van der Waals surface area contributed by atoms with E-state index in [-0.39, 0.29) is 17.2 Å². The molecule has 1 amide bonds. The molecule has 4 rings (SSSR count). The van der Waals surface area contributed by atoms with E-state index in [0.717, 1.165) is 5.56 Å². The third-order valence-electron chi connectivity index (χ3n) is 5.07. The zero-order valence-corrected chi connectivity index (χ0v) is 16.7. The number of methoxy groups -OCH3 is 1. The van der Waals surface area contributed by atoms with Gasteiger partial charge in [0, 0.05) is 17.2 Å². The number of nitrogens with zero attached hydrogens (tertiary/aromatic N) is 2. The number of carbonyl (C=O) groups is 2. The molecule has 1 fully saturated rings. The van der Waals surface area contributed by atoms with Gasteiger partial charge in [-0.2, -0.15) is 0 Å². The third kappa shape index (κ3) is 3.14. The van der Waals surface area contributed by atoms with Crippen LogP contribution in [0.1, 0.15) is 28.5 Å². The van der Waals surface area contributed by atoms with Gasteiger partial charge in [0.25, 0.3) is 5.78 Å². The van der Waals surface area contributed by atoms with Gasteiger partial charge >= 0.3 is 5.91 Å². The number of hydrogen-bond donors (Lipinski definition) is 1. The molecule has 0 radical (unpaired) electrons. The maximum Gasteiger partial charge on any atom is 0.301 e. The van der Waals surface area contributed by atoms with Crippen molar-refractivity contribution in [2.75, 3.05) is 12.0 Å². The molecule has 1 aromatic heterocycles. The van der Waals surface area contributed by atoms with E-state index in [1.165, 1.54) is 12.0 Å². The SMILES string of the molecule is COc1ccccc1[C@@H]1/C(=C(\O)c2ccc(C)cc2)C(=O)C(=O)N1c1cc(C)on1. The quantitative estimate of drug-likeness (QED) is 0.402. The molecule has 0 bridgehead atoms. The van der Waals surface area contributed by atoms with Crippen molar-refractivity contribution in [2.24, 2.45) is 0 Å². The van der Waals surface area contributed by atoms with Crippen LogP contribution in [0.25, 0.3) is 5.76 Å². The minimum absolute atomic E-state index is 0.0333. The maximum absolute atomic E-state index is 13.1. The van der Waals surface area contributed by atoms with Crippen LogP contribution in [0.5, 0.6) is 5.75 Å². The van der Waals surface area contributed by atoms with Gasteiger partial charge in [0.1, 0.15) is 23.3 Å². The molecule has 1 aliphatic heterocycles. The highest BCUT2D eigenvalue weighted by Crippen LogP contribution is 2.44. The normalized spacial score (nSPS) is 18.1. The van der Waals surface area contributed by atoms with E-state index in [9.17, 15) is 14.7 Å². The van der Waals surface area contributed by atoms with E-state index in [2.05, 4.69) is 5.16 Å². The summed E-state index contributed by atoms with van der Waals surface area (Å²) in [7, 11) is 1.51. The number of aliphatic hydroxyl groups excluding tert-OH is 1. The first-order chi connectivity index (χ1) is 14.4. The van der Waals surface area contributed by atoms with Crippen molar-refractivity contribution >= 4 is 23.3 Å². The second kappa shape index (κ2) is 7.51. The van der Waals surface area contributed by atoms with E-state index in [0.29, 0.717) is 22.6 Å². The van der Waals surface area contributed by atoms with Crippen molar-refractivity contribution in [3.63, 3.8) is 0 Å². The lowest BCUT2D eigenvalue weighted by atomic mass is 9.94. The summed E-state index contributed by atoms with van der Waals surface area (Å²) >= 11 is 0. The summed E-state index contributed by atoms with van der Waals surface area (Å²) in [6, 6.07) is 14.7. The van der Waals surface area contributed by atoms with Crippen LogP contribution in [-0.2, 0) is 9.59 Å². The number of aromatic nitrogens is 1. The molecule has 0 saturated carbocycles. The van der Waals surface area contributed by atoms with Gasteiger partial charge in [-0.15, -0.1) is 0 Å². The fourth-order valence-electron chi connectivity index (χ4n) is 3.59. The third-order valence-corrected chi connectivity index (χ3v) is 5.07. The summed E-state index contributed by atoms with van der Waals surface area (Å²) in [4.78, 5) is 27.3. The smallest absolute Gasteiger partial charge is 0.301 e. The molecular weight excluding hydrogens is 384 g/mol. The maximum atomic E-state index is 13.1. The van der Waals surface area contributed by atoms with Crippen molar-refractivity contribution in [1.82, 2.24) is 5.16 Å². The molecule has 1 aliphatic rings. The second-order valence-electron chi connectivity index (χ2n) is 7.07. The van der Waals surface area contributed by atoms with Crippen molar-refractivity contribution in [3.05, 3.63) is 82.6 Å². The molecule has 0 aliphatic carbocycles. The number of anilines is 1. The molecule has 0 spiro atoms. The number of para-hydroxylation sites is 1. The molecule has 30 heavy (non-hydrogen) atoms. The first-order valence-corrected chi connectivity index (χ1v) is 9.36. The molecule has 1 saturated heterocycles. The summed E-state index contributed by atoms with van der Waals surface area (Å²) in [5.74, 6) is -0.702. The first-order valence-electron chi connectivity index (χ1n) is 9.36. The summed E-state index contributed by atoms with van der Waals surface area (Å²) in [5.41, 5.74) is 1.96. The Morgan fingerprint density at radius 1 is 1.10 bits per heavy atom. The Morgan fingerprint density at radius 2 is 1.80 bits per heavy atom. The Balaban J connectivity index is 1.98. The molecule has 3 aromatic rings. The molecule has 0 unspecified atom stereocenters. The Hall–Kier alpha value is -3.87. The topological polar surface area (TPSA) is 92.9 Å². The van der Waals surface area contributed by atoms with E-state index in [1.54, 1.807) is 49.4 Å². The minimum Gasteiger partial charge on any atom is -0.507 e. The Morgan fingerprint density at radius 3 is 2.43 bits per heavy atom. The van der Waals surface area contributed by atoms with Crippen LogP contribution in [0.4, 0.5) is 5.82 Å². The fraction of sp³-hybridized carbons (Fsp3) is 0.174. The minimum atomic E-state index is -0.924. The fourth-order valence-corrected chi connectivity index (χ4v) is 3.59. The Labute approximate surface area is 173 Å². The van der Waals surface area contributed by atoms with Gasteiger partial charge in [0.05, 0.1) is 12.7 Å². The molecule has 2 aromatic carbocycles. The Kier molecular flexibility index (Phi) is 4.87. The standard InChI is InChI=1S/C23H20N2O5/c1-13-8-10-15(11-9-13)21(26)19-20(16-6-4-5-7-17(16)29-3)25(23(28)22(19)27)18-12-14(2)30-24-18/h4-12,20,26H,1-3H3/b21-19+/t20-/m1/s1. The number of rotatable bonds is 4. The van der Waals surface area contributed by atoms with Crippen molar-refractivity contribution in [2.45, 2.75) is 19.9 Å². The molecule has 1 N–H and O–H groups in total. The molecule has 152 valence electrons. The van der Waals surface area contributed by atoms with Crippen LogP contribution >= 0.6 is 0 Å². The second-order valence-corrected chi connectivity index (χ2v) is 7.07. The zero-order valence-electron chi connectivity index (χ0n) is 16.7. The predicted octanol–water partition coefficient (Wildman–Crippen LogP) is 3.93. The number of Topliss-reactive ketones (excluding diaryl/α,β-unsaturated/α-hetero) is 1. The van der Waals surface area contributed by atoms with Crippen molar-refractivity contribution in [1.29, 1.82) is 0 Å². The highest BCUT2D eigenvalue weighted by atomic mass is 16.5. The van der Waals surface area contributed by atoms with Crippen LogP contribution in [0.2, 0.25) is 0 Å². The number of benzene rings is 2. The van der Waals surface area contributed by atoms with Crippen molar-refractivity contribution < 1.29 is 24.0 Å². The van der Waals surface area contributed by atoms with Crippen LogP contribution in [0.15, 0.2) is 64.7 Å². The van der Waals surface area contributed by atoms with Crippen LogP contribution in [-0.4, -0.2) is 29.1 Å². The van der Waals surface area contributed by atoms with Gasteiger partial charge in [0.15, 0.2) is 5.82 Å². The lowest BCUT2D eigenvalue weighted by Crippen LogP contribution is -2.29. The number of ketones is 1. The molecule has 2 heterocycles. The number of ether oxygens (including phenoxy) is 1. The lowest BCUT2D eigenvalue weighted by Gasteiger charge is -2.24. The summed E-state index contributed by atoms with van der Waals surface area (Å²) in [6.07, 6.45) is 0. The Bertz CT molecular complexity index is 1160. The number of hydrogen-bond acceptors (Lipinski definition) is 6. The summed E-state index contributed by atoms with van der Waals surface area (Å²) < 4.78 is 10.6. The van der Waals surface area contributed by atoms with Crippen LogP contribution in [0, 0.1) is 13.8 Å². The van der Waals surface area contributed by atoms with E-state index < -0.39 is 17.7 Å². The molecular formula is C23H20N2O5. The number of aryl methyl sites for hydroxylation is 2. The highest BCUT2D eigenvalue weighted by Gasteiger charge is 2.49. The average Bonchev–Trinajstić information content (AvgIpc) is 3.29. The average molecular weight is 404 g/mol. The lowest BCUT2D eigenvalue weighted by molar-refractivity contribution is -0.132. The molecule has 7 nitrogen and oxygen atoms in total. The van der Waals surface area contributed by atoms with Gasteiger partial charge in [0.2, 0.25) is 0 Å². The van der Waals surface area contributed by atoms with Gasteiger partial charge in [-0.25, -0.2) is 0 Å². The van der Waals surface area contributed by atoms with E-state index in [4.69, 9.17) is 9.26 Å². The summed E-state index contributed by atoms with van der Waals surface area (Å²) in [5, 5.41) is 15.0. The van der Waals surface area contributed by atoms with Gasteiger partial charge in [-0.1, -0.05) is 53.2 Å². The highest BCUT2D eigenvalue weighted by molar-refractivity contribution is 6.51. The van der Waals surface area contributed by atoms with E-state index >= 15 is 0 Å². The largest absolute Gasteiger partial charge is 0.507 e. The molecule has 7 heteroatoms. The van der Waals surface area contributed by atoms with Gasteiger partial charge < -0.3 is 14.4 Å². The number of amides is 1. The monoisotopic (exact) mass is 404 g/mol.